The van der Waals surface area contributed by atoms with E-state index in [1.54, 1.807) is 0 Å². The van der Waals surface area contributed by atoms with Crippen molar-refractivity contribution >= 4 is 58.4 Å². The maximum Gasteiger partial charge on any atom is 0.349 e. The molecule has 190 valence electrons. The molecule has 0 spiro atoms. The number of anilines is 1. The summed E-state index contributed by atoms with van der Waals surface area (Å²) in [5, 5.41) is 23.0. The molecule has 2 atom stereocenters. The van der Waals surface area contributed by atoms with E-state index in [2.05, 4.69) is 5.32 Å². The van der Waals surface area contributed by atoms with E-state index >= 15 is 0 Å². The second kappa shape index (κ2) is 12.0. The van der Waals surface area contributed by atoms with Crippen LogP contribution in [-0.2, 0) is 19.1 Å². The zero-order chi connectivity index (χ0) is 27.1. The molecule has 1 amide bonds. The van der Waals surface area contributed by atoms with Gasteiger partial charge in [-0.05, 0) is 30.3 Å². The van der Waals surface area contributed by atoms with Crippen molar-refractivity contribution in [2.45, 2.75) is 12.2 Å². The molecule has 3 aromatic carbocycles. The predicted octanol–water partition coefficient (Wildman–Crippen LogP) is 4.38. The molecule has 0 aromatic heterocycles. The SMILES string of the molecule is O=C(O[C@H](C(=O)Nc1cccc([N+](=O)[O-])c1)[C@@H](OC(=O)c1ccccc1Cl)C(=O)O)c1ccccc1Cl. The van der Waals surface area contributed by atoms with Gasteiger partial charge in [0.25, 0.3) is 11.6 Å². The number of ether oxygens (including phenoxy) is 2. The van der Waals surface area contributed by atoms with Crippen molar-refractivity contribution in [3.05, 3.63) is 104 Å². The summed E-state index contributed by atoms with van der Waals surface area (Å²) < 4.78 is 10.2. The highest BCUT2D eigenvalue weighted by Gasteiger charge is 2.41. The first-order valence-electron chi connectivity index (χ1n) is 10.3. The Kier molecular flexibility index (Phi) is 8.77. The minimum Gasteiger partial charge on any atom is -0.478 e. The number of nitrogens with one attached hydrogen (secondary N) is 1. The van der Waals surface area contributed by atoms with Gasteiger partial charge in [0, 0.05) is 17.8 Å². The second-order valence-corrected chi connectivity index (χ2v) is 8.06. The molecule has 37 heavy (non-hydrogen) atoms. The van der Waals surface area contributed by atoms with Crippen molar-refractivity contribution < 1.29 is 38.7 Å². The van der Waals surface area contributed by atoms with Gasteiger partial charge < -0.3 is 19.9 Å². The lowest BCUT2D eigenvalue weighted by Gasteiger charge is -2.24. The molecule has 11 nitrogen and oxygen atoms in total. The third-order valence-electron chi connectivity index (χ3n) is 4.76. The Morgan fingerprint density at radius 3 is 1.81 bits per heavy atom. The molecule has 2 N–H and O–H groups in total. The van der Waals surface area contributed by atoms with Crippen LogP contribution in [0.25, 0.3) is 0 Å². The van der Waals surface area contributed by atoms with E-state index in [1.165, 1.54) is 60.7 Å². The summed E-state index contributed by atoms with van der Waals surface area (Å²) in [5.74, 6) is -5.48. The van der Waals surface area contributed by atoms with E-state index in [0.29, 0.717) is 0 Å². The quantitative estimate of drug-likeness (QED) is 0.225. The Labute approximate surface area is 218 Å². The summed E-state index contributed by atoms with van der Waals surface area (Å²) in [6.07, 6.45) is -4.58. The summed E-state index contributed by atoms with van der Waals surface area (Å²) >= 11 is 12.0. The zero-order valence-electron chi connectivity index (χ0n) is 18.5. The van der Waals surface area contributed by atoms with E-state index in [0.717, 1.165) is 12.1 Å². The first-order valence-corrected chi connectivity index (χ1v) is 11.0. The normalized spacial score (nSPS) is 12.1. The zero-order valence-corrected chi connectivity index (χ0v) is 20.0. The van der Waals surface area contributed by atoms with Crippen molar-refractivity contribution in [3.63, 3.8) is 0 Å². The van der Waals surface area contributed by atoms with Crippen LogP contribution in [0.2, 0.25) is 10.0 Å². The highest BCUT2D eigenvalue weighted by Crippen LogP contribution is 2.22. The Morgan fingerprint density at radius 2 is 1.32 bits per heavy atom. The van der Waals surface area contributed by atoms with Crippen LogP contribution in [0.4, 0.5) is 11.4 Å². The van der Waals surface area contributed by atoms with E-state index in [-0.39, 0.29) is 32.5 Å². The van der Waals surface area contributed by atoms with Gasteiger partial charge in [-0.25, -0.2) is 14.4 Å². The number of benzene rings is 3. The molecule has 3 rings (SSSR count). The number of amides is 1. The van der Waals surface area contributed by atoms with Crippen LogP contribution in [0, 0.1) is 10.1 Å². The van der Waals surface area contributed by atoms with Crippen LogP contribution in [0.3, 0.4) is 0 Å². The third kappa shape index (κ3) is 6.81. The lowest BCUT2D eigenvalue weighted by molar-refractivity contribution is -0.384. The number of carboxylic acid groups (broad SMARTS) is 1. The number of carbonyl (C=O) groups excluding carboxylic acids is 3. The number of halogens is 2. The number of nitro benzene ring substituents is 1. The first kappa shape index (κ1) is 27.1. The van der Waals surface area contributed by atoms with E-state index < -0.39 is 40.9 Å². The summed E-state index contributed by atoms with van der Waals surface area (Å²) in [7, 11) is 0. The molecule has 0 heterocycles. The lowest BCUT2D eigenvalue weighted by atomic mass is 10.1. The fourth-order valence-electron chi connectivity index (χ4n) is 3.02. The topological polar surface area (TPSA) is 162 Å². The summed E-state index contributed by atoms with van der Waals surface area (Å²) in [5.41, 5.74) is -0.883. The Balaban J connectivity index is 1.96. The molecule has 0 saturated carbocycles. The molecular weight excluding hydrogens is 531 g/mol. The highest BCUT2D eigenvalue weighted by molar-refractivity contribution is 6.34. The average Bonchev–Trinajstić information content (AvgIpc) is 2.86. The molecule has 0 unspecified atom stereocenters. The highest BCUT2D eigenvalue weighted by atomic mass is 35.5. The van der Waals surface area contributed by atoms with Gasteiger partial charge in [-0.15, -0.1) is 0 Å². The minimum atomic E-state index is -2.34. The molecule has 0 bridgehead atoms. The standard InChI is InChI=1S/C24H16Cl2N2O9/c25-17-10-3-1-8-15(17)23(32)36-19(21(29)27-13-6-5-7-14(12-13)28(34)35)20(22(30)31)37-24(33)16-9-2-4-11-18(16)26/h1-12,19-20H,(H,27,29)(H,30,31)/t19-,20+/m0/s1. The number of aliphatic carboxylic acids is 1. The van der Waals surface area contributed by atoms with Crippen LogP contribution in [0.15, 0.2) is 72.8 Å². The Bertz CT molecular complexity index is 1380. The molecule has 0 saturated heterocycles. The summed E-state index contributed by atoms with van der Waals surface area (Å²) in [6, 6.07) is 15.9. The second-order valence-electron chi connectivity index (χ2n) is 7.25. The van der Waals surface area contributed by atoms with Gasteiger partial charge in [-0.3, -0.25) is 14.9 Å². The molecule has 3 aromatic rings. The number of hydrogen-bond acceptors (Lipinski definition) is 8. The van der Waals surface area contributed by atoms with Crippen LogP contribution < -0.4 is 5.32 Å². The average molecular weight is 547 g/mol. The van der Waals surface area contributed by atoms with Gasteiger partial charge in [0.1, 0.15) is 0 Å². The molecule has 0 aliphatic heterocycles. The van der Waals surface area contributed by atoms with Crippen LogP contribution in [0.1, 0.15) is 20.7 Å². The molecule has 0 fully saturated rings. The summed E-state index contributed by atoms with van der Waals surface area (Å²) in [4.78, 5) is 61.0. The van der Waals surface area contributed by atoms with Gasteiger partial charge in [-0.1, -0.05) is 53.5 Å². The van der Waals surface area contributed by atoms with E-state index in [9.17, 15) is 34.4 Å². The van der Waals surface area contributed by atoms with E-state index in [1.807, 2.05) is 0 Å². The first-order chi connectivity index (χ1) is 17.6. The van der Waals surface area contributed by atoms with Crippen molar-refractivity contribution in [1.82, 2.24) is 0 Å². The number of rotatable bonds is 9. The maximum atomic E-state index is 13.1. The Morgan fingerprint density at radius 1 is 0.811 bits per heavy atom. The van der Waals surface area contributed by atoms with Gasteiger partial charge in [0.05, 0.1) is 26.1 Å². The fourth-order valence-corrected chi connectivity index (χ4v) is 3.44. The van der Waals surface area contributed by atoms with Gasteiger partial charge in [0.2, 0.25) is 12.2 Å². The molecule has 13 heteroatoms. The van der Waals surface area contributed by atoms with Crippen LogP contribution >= 0.6 is 23.2 Å². The molecule has 0 aliphatic carbocycles. The third-order valence-corrected chi connectivity index (χ3v) is 5.42. The Hall–Kier alpha value is -4.48. The smallest absolute Gasteiger partial charge is 0.349 e. The lowest BCUT2D eigenvalue weighted by Crippen LogP contribution is -2.48. The molecule has 0 aliphatic rings. The van der Waals surface area contributed by atoms with Crippen molar-refractivity contribution in [1.29, 1.82) is 0 Å². The van der Waals surface area contributed by atoms with Crippen molar-refractivity contribution in [3.8, 4) is 0 Å². The van der Waals surface area contributed by atoms with Crippen molar-refractivity contribution in [2.75, 3.05) is 5.32 Å². The predicted molar refractivity (Wildman–Crippen MR) is 131 cm³/mol. The maximum absolute atomic E-state index is 13.1. The monoisotopic (exact) mass is 546 g/mol. The van der Waals surface area contributed by atoms with Gasteiger partial charge in [0.15, 0.2) is 0 Å². The fraction of sp³-hybridized carbons (Fsp3) is 0.0833. The van der Waals surface area contributed by atoms with Crippen LogP contribution in [-0.4, -0.2) is 46.1 Å². The van der Waals surface area contributed by atoms with Gasteiger partial charge in [-0.2, -0.15) is 0 Å². The number of hydrogen-bond donors (Lipinski definition) is 2. The number of carboxylic acids is 1. The number of carbonyl (C=O) groups is 4. The minimum absolute atomic E-state index is 0.0507. The largest absolute Gasteiger partial charge is 0.478 e. The molecular formula is C24H16Cl2N2O9. The number of nitrogens with zero attached hydrogens (tertiary/aromatic N) is 1. The number of non-ortho nitro benzene ring substituents is 1. The van der Waals surface area contributed by atoms with Gasteiger partial charge >= 0.3 is 17.9 Å². The van der Waals surface area contributed by atoms with E-state index in [4.69, 9.17) is 32.7 Å². The number of nitro groups is 1. The summed E-state index contributed by atoms with van der Waals surface area (Å²) in [6.45, 7) is 0. The number of esters is 2. The van der Waals surface area contributed by atoms with Crippen molar-refractivity contribution in [2.24, 2.45) is 0 Å². The van der Waals surface area contributed by atoms with Crippen LogP contribution in [0.5, 0.6) is 0 Å². The molecule has 0 radical (unpaired) electrons.